The Balaban J connectivity index is 4.09. The molecule has 0 saturated heterocycles. The Labute approximate surface area is 69.3 Å². The molecule has 0 radical (unpaired) electrons. The van der Waals surface area contributed by atoms with E-state index >= 15 is 0 Å². The maximum atomic E-state index is 6.82. The fourth-order valence-corrected chi connectivity index (χ4v) is 0.773. The Morgan fingerprint density at radius 3 is 2.36 bits per heavy atom. The van der Waals surface area contributed by atoms with Gasteiger partial charge in [-0.25, -0.2) is 0 Å². The van der Waals surface area contributed by atoms with Gasteiger partial charge in [0.1, 0.15) is 0 Å². The Morgan fingerprint density at radius 1 is 1.27 bits per heavy atom. The summed E-state index contributed by atoms with van der Waals surface area (Å²) in [6.45, 7) is 6.37. The predicted octanol–water partition coefficient (Wildman–Crippen LogP) is 3.18. The van der Waals surface area contributed by atoms with E-state index in [4.69, 9.17) is 5.41 Å². The van der Waals surface area contributed by atoms with E-state index in [1.807, 2.05) is 6.08 Å². The molecule has 62 valence electrons. The van der Waals surface area contributed by atoms with Gasteiger partial charge in [0.05, 0.1) is 0 Å². The first kappa shape index (κ1) is 10.2. The third-order valence-electron chi connectivity index (χ3n) is 1.41. The molecule has 0 amide bonds. The van der Waals surface area contributed by atoms with Crippen LogP contribution >= 0.6 is 0 Å². The monoisotopic (exact) mass is 151 g/mol. The molecule has 0 aromatic rings. The standard InChI is InChI=1S/C10H17N/c1-4-5-7-10(2,3)8-6-9-11/h5-9,11H,4H2,1-3H3/b7-5-,8-6-,11-9?. The molecule has 0 aliphatic heterocycles. The van der Waals surface area contributed by atoms with Gasteiger partial charge in [0, 0.05) is 11.6 Å². The van der Waals surface area contributed by atoms with Gasteiger partial charge >= 0.3 is 0 Å². The van der Waals surface area contributed by atoms with Gasteiger partial charge < -0.3 is 5.41 Å². The third kappa shape index (κ3) is 5.59. The second-order valence-corrected chi connectivity index (χ2v) is 3.16. The second kappa shape index (κ2) is 4.89. The van der Waals surface area contributed by atoms with E-state index < -0.39 is 0 Å². The number of hydrogen-bond acceptors (Lipinski definition) is 1. The maximum absolute atomic E-state index is 6.82. The summed E-state index contributed by atoms with van der Waals surface area (Å²) in [5, 5.41) is 6.82. The van der Waals surface area contributed by atoms with E-state index in [1.165, 1.54) is 6.21 Å². The molecule has 1 N–H and O–H groups in total. The molecule has 0 heterocycles. The van der Waals surface area contributed by atoms with Crippen LogP contribution in [0, 0.1) is 10.8 Å². The first-order chi connectivity index (χ1) is 5.12. The fraction of sp³-hybridized carbons (Fsp3) is 0.500. The quantitative estimate of drug-likeness (QED) is 0.471. The molecule has 0 aliphatic carbocycles. The number of allylic oxidation sites excluding steroid dienone is 4. The highest BCUT2D eigenvalue weighted by molar-refractivity contribution is 5.67. The van der Waals surface area contributed by atoms with Gasteiger partial charge in [0.25, 0.3) is 0 Å². The molecule has 0 fully saturated rings. The summed E-state index contributed by atoms with van der Waals surface area (Å²) in [6.07, 6.45) is 10.5. The van der Waals surface area contributed by atoms with Crippen molar-refractivity contribution in [2.24, 2.45) is 5.41 Å². The van der Waals surface area contributed by atoms with Crippen LogP contribution in [0.15, 0.2) is 24.3 Å². The zero-order chi connectivity index (χ0) is 8.74. The van der Waals surface area contributed by atoms with Crippen molar-refractivity contribution < 1.29 is 0 Å². The van der Waals surface area contributed by atoms with Crippen molar-refractivity contribution in [2.75, 3.05) is 0 Å². The first-order valence-corrected chi connectivity index (χ1v) is 3.98. The van der Waals surface area contributed by atoms with Crippen molar-refractivity contribution >= 4 is 6.21 Å². The van der Waals surface area contributed by atoms with E-state index in [0.717, 1.165) is 6.42 Å². The SMILES string of the molecule is CC/C=C\C(C)(C)/C=C\C=N. The summed E-state index contributed by atoms with van der Waals surface area (Å²) in [5.41, 5.74) is 0.0908. The van der Waals surface area contributed by atoms with Crippen LogP contribution < -0.4 is 0 Å². The highest BCUT2D eigenvalue weighted by Gasteiger charge is 2.06. The number of nitrogens with one attached hydrogen (secondary N) is 1. The smallest absolute Gasteiger partial charge is 0.0174 e. The van der Waals surface area contributed by atoms with Crippen LogP contribution in [0.3, 0.4) is 0 Å². The highest BCUT2D eigenvalue weighted by atomic mass is 14.3. The first-order valence-electron chi connectivity index (χ1n) is 3.98. The van der Waals surface area contributed by atoms with Gasteiger partial charge in [0.2, 0.25) is 0 Å². The van der Waals surface area contributed by atoms with Gasteiger partial charge in [-0.2, -0.15) is 0 Å². The van der Waals surface area contributed by atoms with Crippen LogP contribution in [0.25, 0.3) is 0 Å². The van der Waals surface area contributed by atoms with Crippen molar-refractivity contribution in [2.45, 2.75) is 27.2 Å². The Morgan fingerprint density at radius 2 is 1.91 bits per heavy atom. The minimum atomic E-state index is 0.0908. The molecule has 0 atom stereocenters. The molecule has 0 unspecified atom stereocenters. The van der Waals surface area contributed by atoms with E-state index in [-0.39, 0.29) is 5.41 Å². The lowest BCUT2D eigenvalue weighted by Gasteiger charge is -2.13. The van der Waals surface area contributed by atoms with E-state index in [9.17, 15) is 0 Å². The van der Waals surface area contributed by atoms with Gasteiger partial charge in [-0.1, -0.05) is 39.0 Å². The summed E-state index contributed by atoms with van der Waals surface area (Å²) in [5.74, 6) is 0. The van der Waals surface area contributed by atoms with Gasteiger partial charge in [-0.05, 0) is 12.5 Å². The zero-order valence-corrected chi connectivity index (χ0v) is 7.59. The van der Waals surface area contributed by atoms with E-state index in [2.05, 4.69) is 32.9 Å². The van der Waals surface area contributed by atoms with Crippen LogP contribution in [-0.2, 0) is 0 Å². The lowest BCUT2D eigenvalue weighted by Crippen LogP contribution is -2.01. The van der Waals surface area contributed by atoms with Crippen LogP contribution in [0.1, 0.15) is 27.2 Å². The summed E-state index contributed by atoms with van der Waals surface area (Å²) in [4.78, 5) is 0. The average Bonchev–Trinajstić information content (AvgIpc) is 1.97. The van der Waals surface area contributed by atoms with Crippen molar-refractivity contribution in [1.82, 2.24) is 0 Å². The Hall–Kier alpha value is -0.850. The normalized spacial score (nSPS) is 13.0. The lowest BCUT2D eigenvalue weighted by molar-refractivity contribution is 0.624. The average molecular weight is 151 g/mol. The summed E-state index contributed by atoms with van der Waals surface area (Å²) in [6, 6.07) is 0. The highest BCUT2D eigenvalue weighted by Crippen LogP contribution is 2.18. The van der Waals surface area contributed by atoms with Crippen LogP contribution in [0.4, 0.5) is 0 Å². The second-order valence-electron chi connectivity index (χ2n) is 3.16. The van der Waals surface area contributed by atoms with Crippen molar-refractivity contribution in [3.63, 3.8) is 0 Å². The molecule has 0 aliphatic rings. The van der Waals surface area contributed by atoms with E-state index in [1.54, 1.807) is 6.08 Å². The fourth-order valence-electron chi connectivity index (χ4n) is 0.773. The molecule has 1 nitrogen and oxygen atoms in total. The van der Waals surface area contributed by atoms with Crippen molar-refractivity contribution in [3.05, 3.63) is 24.3 Å². The predicted molar refractivity (Wildman–Crippen MR) is 51.1 cm³/mol. The van der Waals surface area contributed by atoms with E-state index in [0.29, 0.717) is 0 Å². The molecule has 0 aromatic heterocycles. The molecular weight excluding hydrogens is 134 g/mol. The minimum Gasteiger partial charge on any atom is -0.309 e. The molecule has 1 heteroatoms. The van der Waals surface area contributed by atoms with Gasteiger partial charge in [-0.15, -0.1) is 0 Å². The van der Waals surface area contributed by atoms with Crippen molar-refractivity contribution in [3.8, 4) is 0 Å². The molecule has 0 rings (SSSR count). The summed E-state index contributed by atoms with van der Waals surface area (Å²) < 4.78 is 0. The van der Waals surface area contributed by atoms with Crippen LogP contribution in [0.2, 0.25) is 0 Å². The summed E-state index contributed by atoms with van der Waals surface area (Å²) >= 11 is 0. The van der Waals surface area contributed by atoms with Crippen molar-refractivity contribution in [1.29, 1.82) is 5.41 Å². The number of rotatable bonds is 4. The summed E-state index contributed by atoms with van der Waals surface area (Å²) in [7, 11) is 0. The van der Waals surface area contributed by atoms with Crippen LogP contribution in [0.5, 0.6) is 0 Å². The largest absolute Gasteiger partial charge is 0.309 e. The molecule has 0 saturated carbocycles. The Kier molecular flexibility index (Phi) is 4.51. The van der Waals surface area contributed by atoms with Crippen LogP contribution in [-0.4, -0.2) is 6.21 Å². The molecule has 0 aromatic carbocycles. The molecule has 0 spiro atoms. The molecule has 11 heavy (non-hydrogen) atoms. The molecule has 0 bridgehead atoms. The Bertz CT molecular complexity index is 164. The topological polar surface area (TPSA) is 23.9 Å². The zero-order valence-electron chi connectivity index (χ0n) is 7.59. The lowest BCUT2D eigenvalue weighted by atomic mass is 9.92. The van der Waals surface area contributed by atoms with Gasteiger partial charge in [-0.3, -0.25) is 0 Å². The van der Waals surface area contributed by atoms with Gasteiger partial charge in [0.15, 0.2) is 0 Å². The third-order valence-corrected chi connectivity index (χ3v) is 1.41. The maximum Gasteiger partial charge on any atom is 0.0174 e. The minimum absolute atomic E-state index is 0.0908. The molecular formula is C10H17N. The number of hydrogen-bond donors (Lipinski definition) is 1.